The van der Waals surface area contributed by atoms with Gasteiger partial charge in [-0.15, -0.1) is 0 Å². The quantitative estimate of drug-likeness (QED) is 0.703. The number of hydrogen-bond acceptors (Lipinski definition) is 3. The van der Waals surface area contributed by atoms with Gasteiger partial charge >= 0.3 is 5.97 Å². The molecule has 1 saturated heterocycles. The predicted molar refractivity (Wildman–Crippen MR) is 64.0 cm³/mol. The lowest BCUT2D eigenvalue weighted by molar-refractivity contribution is -0.144. The highest BCUT2D eigenvalue weighted by molar-refractivity contribution is 9.10. The maximum atomic E-state index is 12.1. The molecule has 1 aliphatic heterocycles. The summed E-state index contributed by atoms with van der Waals surface area (Å²) in [5, 5.41) is 11.5. The zero-order valence-corrected chi connectivity index (χ0v) is 10.7. The lowest BCUT2D eigenvalue weighted by Gasteiger charge is -2.32. The summed E-state index contributed by atoms with van der Waals surface area (Å²) in [7, 11) is 0. The van der Waals surface area contributed by atoms with Crippen molar-refractivity contribution in [3.63, 3.8) is 0 Å². The molecule has 18 heavy (non-hydrogen) atoms. The van der Waals surface area contributed by atoms with Crippen LogP contribution in [0.25, 0.3) is 0 Å². The van der Waals surface area contributed by atoms with E-state index in [0.29, 0.717) is 4.47 Å². The molecule has 7 nitrogen and oxygen atoms in total. The molecule has 0 bridgehead atoms. The fraction of sp³-hybridized carbons (Fsp3) is 0.300. The Hall–Kier alpha value is -1.83. The van der Waals surface area contributed by atoms with Crippen LogP contribution in [0.15, 0.2) is 16.7 Å². The molecule has 1 fully saturated rings. The van der Waals surface area contributed by atoms with Gasteiger partial charge in [0, 0.05) is 17.2 Å². The van der Waals surface area contributed by atoms with Crippen molar-refractivity contribution >= 4 is 33.7 Å². The molecule has 0 saturated carbocycles. The molecule has 0 aliphatic carbocycles. The maximum Gasteiger partial charge on any atom is 0.328 e. The number of aromatic nitrogens is 1. The Morgan fingerprint density at radius 1 is 1.50 bits per heavy atom. The monoisotopic (exact) mass is 315 g/mol. The number of carboxylic acid groups (broad SMARTS) is 1. The van der Waals surface area contributed by atoms with Crippen molar-refractivity contribution in [2.75, 3.05) is 13.1 Å². The molecule has 1 aromatic heterocycles. The number of nitrogens with one attached hydrogen (secondary N) is 2. The van der Waals surface area contributed by atoms with Gasteiger partial charge in [0.25, 0.3) is 5.91 Å². The van der Waals surface area contributed by atoms with Gasteiger partial charge in [-0.1, -0.05) is 0 Å². The summed E-state index contributed by atoms with van der Waals surface area (Å²) in [5.74, 6) is -2.02. The molecule has 2 amide bonds. The van der Waals surface area contributed by atoms with Crippen molar-refractivity contribution in [2.45, 2.75) is 6.04 Å². The normalized spacial score (nSPS) is 19.5. The highest BCUT2D eigenvalue weighted by Crippen LogP contribution is 2.15. The van der Waals surface area contributed by atoms with E-state index in [0.717, 1.165) is 4.90 Å². The molecule has 3 N–H and O–H groups in total. The molecular formula is C10H10BrN3O4. The highest BCUT2D eigenvalue weighted by atomic mass is 79.9. The van der Waals surface area contributed by atoms with Gasteiger partial charge in [0.2, 0.25) is 5.91 Å². The van der Waals surface area contributed by atoms with E-state index in [1.165, 1.54) is 6.07 Å². The molecule has 1 unspecified atom stereocenters. The fourth-order valence-electron chi connectivity index (χ4n) is 1.72. The topological polar surface area (TPSA) is 103 Å². The summed E-state index contributed by atoms with van der Waals surface area (Å²) in [6.45, 7) is -0.339. The Kier molecular flexibility index (Phi) is 3.37. The minimum atomic E-state index is -1.14. The molecule has 96 valence electrons. The summed E-state index contributed by atoms with van der Waals surface area (Å²) in [4.78, 5) is 38.2. The summed E-state index contributed by atoms with van der Waals surface area (Å²) in [6, 6.07) is 0.491. The lowest BCUT2D eigenvalue weighted by Crippen LogP contribution is -2.59. The Bertz CT molecular complexity index is 513. The second-order valence-corrected chi connectivity index (χ2v) is 4.74. The van der Waals surface area contributed by atoms with Crippen LogP contribution in [-0.4, -0.2) is 51.9 Å². The van der Waals surface area contributed by atoms with Crippen molar-refractivity contribution in [3.8, 4) is 0 Å². The van der Waals surface area contributed by atoms with Gasteiger partial charge in [-0.3, -0.25) is 9.59 Å². The second kappa shape index (κ2) is 4.81. The van der Waals surface area contributed by atoms with Crippen LogP contribution < -0.4 is 5.32 Å². The molecule has 0 spiro atoms. The fourth-order valence-corrected chi connectivity index (χ4v) is 2.06. The minimum absolute atomic E-state index is 0.0816. The van der Waals surface area contributed by atoms with E-state index in [2.05, 4.69) is 26.2 Å². The van der Waals surface area contributed by atoms with E-state index >= 15 is 0 Å². The average Bonchev–Trinajstić information content (AvgIpc) is 2.74. The number of hydrogen-bond donors (Lipinski definition) is 3. The molecule has 0 aromatic carbocycles. The number of aliphatic carboxylic acids is 1. The van der Waals surface area contributed by atoms with E-state index in [9.17, 15) is 14.4 Å². The molecular weight excluding hydrogens is 306 g/mol. The standard InChI is InChI=1S/C10H10BrN3O4/c11-5-1-6(12-2-5)9(16)14-4-8(15)13-3-7(14)10(17)18/h1-2,7,12H,3-4H2,(H,13,15)(H,17,18). The third-order valence-corrected chi connectivity index (χ3v) is 3.06. The van der Waals surface area contributed by atoms with Crippen molar-refractivity contribution in [2.24, 2.45) is 0 Å². The number of aromatic amines is 1. The van der Waals surface area contributed by atoms with Crippen molar-refractivity contribution < 1.29 is 19.5 Å². The average molecular weight is 316 g/mol. The van der Waals surface area contributed by atoms with Crippen molar-refractivity contribution in [1.29, 1.82) is 0 Å². The second-order valence-electron chi connectivity index (χ2n) is 3.82. The van der Waals surface area contributed by atoms with Crippen LogP contribution in [0.3, 0.4) is 0 Å². The smallest absolute Gasteiger partial charge is 0.328 e. The Balaban J connectivity index is 2.25. The molecule has 2 heterocycles. The highest BCUT2D eigenvalue weighted by Gasteiger charge is 2.35. The van der Waals surface area contributed by atoms with Crippen LogP contribution in [0.1, 0.15) is 10.5 Å². The van der Waals surface area contributed by atoms with Gasteiger partial charge in [-0.05, 0) is 22.0 Å². The number of halogens is 1. The van der Waals surface area contributed by atoms with Gasteiger partial charge in [-0.2, -0.15) is 0 Å². The predicted octanol–water partition coefficient (Wildman–Crippen LogP) is -0.198. The van der Waals surface area contributed by atoms with E-state index in [-0.39, 0.29) is 24.7 Å². The maximum absolute atomic E-state index is 12.1. The molecule has 1 aliphatic rings. The van der Waals surface area contributed by atoms with Crippen LogP contribution in [0, 0.1) is 0 Å². The van der Waals surface area contributed by atoms with Gasteiger partial charge in [-0.25, -0.2) is 4.79 Å². The number of carbonyl (C=O) groups is 3. The summed E-state index contributed by atoms with van der Waals surface area (Å²) in [5.41, 5.74) is 0.239. The Morgan fingerprint density at radius 2 is 2.22 bits per heavy atom. The first-order valence-electron chi connectivity index (χ1n) is 5.13. The van der Waals surface area contributed by atoms with Crippen LogP contribution in [0.4, 0.5) is 0 Å². The van der Waals surface area contributed by atoms with Crippen molar-refractivity contribution in [3.05, 3.63) is 22.4 Å². The minimum Gasteiger partial charge on any atom is -0.480 e. The molecule has 1 aromatic rings. The summed E-state index contributed by atoms with van der Waals surface area (Å²) < 4.78 is 0.680. The van der Waals surface area contributed by atoms with E-state index in [1.54, 1.807) is 6.20 Å². The first kappa shape index (κ1) is 12.6. The summed E-state index contributed by atoms with van der Waals surface area (Å²) in [6.07, 6.45) is 1.56. The molecule has 1 atom stereocenters. The van der Waals surface area contributed by atoms with Gasteiger partial charge in [0.15, 0.2) is 0 Å². The third kappa shape index (κ3) is 2.37. The largest absolute Gasteiger partial charge is 0.480 e. The van der Waals surface area contributed by atoms with Crippen molar-refractivity contribution in [1.82, 2.24) is 15.2 Å². The number of piperazine rings is 1. The SMILES string of the molecule is O=C1CN(C(=O)c2cc(Br)c[nH]2)C(C(=O)O)CN1. The van der Waals surface area contributed by atoms with E-state index in [1.807, 2.05) is 0 Å². The van der Waals surface area contributed by atoms with Crippen LogP contribution >= 0.6 is 15.9 Å². The van der Waals surface area contributed by atoms with Gasteiger partial charge in [0.05, 0.1) is 0 Å². The van der Waals surface area contributed by atoms with Gasteiger partial charge < -0.3 is 20.3 Å². The zero-order valence-electron chi connectivity index (χ0n) is 9.14. The molecule has 8 heteroatoms. The number of nitrogens with zero attached hydrogens (tertiary/aromatic N) is 1. The third-order valence-electron chi connectivity index (χ3n) is 2.61. The van der Waals surface area contributed by atoms with Crippen LogP contribution in [-0.2, 0) is 9.59 Å². The number of H-pyrrole nitrogens is 1. The summed E-state index contributed by atoms with van der Waals surface area (Å²) >= 11 is 3.18. The lowest BCUT2D eigenvalue weighted by atomic mass is 10.1. The Morgan fingerprint density at radius 3 is 2.78 bits per heavy atom. The van der Waals surface area contributed by atoms with E-state index < -0.39 is 17.9 Å². The van der Waals surface area contributed by atoms with Gasteiger partial charge in [0.1, 0.15) is 18.3 Å². The number of amides is 2. The first-order valence-corrected chi connectivity index (χ1v) is 5.92. The van der Waals surface area contributed by atoms with Crippen LogP contribution in [0.2, 0.25) is 0 Å². The van der Waals surface area contributed by atoms with Crippen LogP contribution in [0.5, 0.6) is 0 Å². The molecule has 0 radical (unpaired) electrons. The first-order chi connectivity index (χ1) is 8.49. The van der Waals surface area contributed by atoms with E-state index in [4.69, 9.17) is 5.11 Å². The Labute approximate surface area is 110 Å². The number of carboxylic acids is 1. The zero-order chi connectivity index (χ0) is 13.3. The molecule has 2 rings (SSSR count). The number of rotatable bonds is 2. The number of carbonyl (C=O) groups excluding carboxylic acids is 2.